The number of likely N-dealkylation sites (tertiary alicyclic amines) is 2. The monoisotopic (exact) mass is 858 g/mol. The normalized spacial score (nSPS) is 21.4. The van der Waals surface area contributed by atoms with Crippen molar-refractivity contribution < 1.29 is 33.4 Å². The Hall–Kier alpha value is -6.22. The van der Waals surface area contributed by atoms with E-state index in [0.29, 0.717) is 39.1 Å². The fraction of sp³-hybridized carbons (Fsp3) is 0.458. The van der Waals surface area contributed by atoms with Crippen molar-refractivity contribution >= 4 is 34.8 Å². The Morgan fingerprint density at radius 1 is 0.683 bits per heavy atom. The molecule has 5 aromatic rings. The maximum atomic E-state index is 14.2. The van der Waals surface area contributed by atoms with E-state index in [1.165, 1.54) is 14.2 Å². The molecular weight excluding hydrogens is 801 g/mol. The highest BCUT2D eigenvalue weighted by Crippen LogP contribution is 2.38. The molecule has 3 aliphatic heterocycles. The van der Waals surface area contributed by atoms with E-state index in [0.717, 1.165) is 68.9 Å². The Morgan fingerprint density at radius 3 is 1.75 bits per heavy atom. The molecule has 5 heterocycles. The molecule has 3 fully saturated rings. The third-order valence-corrected chi connectivity index (χ3v) is 12.9. The van der Waals surface area contributed by atoms with Gasteiger partial charge in [-0.15, -0.1) is 0 Å². The van der Waals surface area contributed by atoms with Crippen molar-refractivity contribution in [3.63, 3.8) is 0 Å². The van der Waals surface area contributed by atoms with Crippen LogP contribution in [-0.2, 0) is 23.8 Å². The summed E-state index contributed by atoms with van der Waals surface area (Å²) in [6, 6.07) is 19.3. The van der Waals surface area contributed by atoms with Crippen molar-refractivity contribution in [2.45, 2.75) is 77.5 Å². The fourth-order valence-corrected chi connectivity index (χ4v) is 9.51. The molecule has 4 N–H and O–H groups in total. The highest BCUT2D eigenvalue weighted by atomic mass is 16.5. The summed E-state index contributed by atoms with van der Waals surface area (Å²) in [5.74, 6) is 1.59. The number of aromatic nitrogens is 4. The number of fused-ring (bicyclic) bond motifs is 1. The summed E-state index contributed by atoms with van der Waals surface area (Å²) in [5, 5.41) is 7.74. The summed E-state index contributed by atoms with van der Waals surface area (Å²) in [6.45, 7) is 10.3. The van der Waals surface area contributed by atoms with Gasteiger partial charge in [0, 0.05) is 31.9 Å². The lowest BCUT2D eigenvalue weighted by Gasteiger charge is -2.34. The van der Waals surface area contributed by atoms with Crippen molar-refractivity contribution in [2.75, 3.05) is 40.5 Å². The number of ether oxygens (including phenoxy) is 3. The number of carbonyl (C=O) groups is 4. The fourth-order valence-electron chi connectivity index (χ4n) is 9.51. The predicted molar refractivity (Wildman–Crippen MR) is 238 cm³/mol. The van der Waals surface area contributed by atoms with Gasteiger partial charge in [0.1, 0.15) is 23.7 Å². The van der Waals surface area contributed by atoms with Crippen molar-refractivity contribution in [3.8, 4) is 33.6 Å². The van der Waals surface area contributed by atoms with Crippen LogP contribution in [0.3, 0.4) is 0 Å². The maximum Gasteiger partial charge on any atom is 0.407 e. The first-order chi connectivity index (χ1) is 30.4. The molecule has 3 saturated heterocycles. The highest BCUT2D eigenvalue weighted by molar-refractivity contribution is 5.91. The van der Waals surface area contributed by atoms with Crippen molar-refractivity contribution in [3.05, 3.63) is 84.7 Å². The molecule has 6 atom stereocenters. The summed E-state index contributed by atoms with van der Waals surface area (Å²) >= 11 is 0. The Kier molecular flexibility index (Phi) is 12.8. The number of aromatic amines is 2. The molecule has 15 nitrogen and oxygen atoms in total. The molecule has 0 unspecified atom stereocenters. The van der Waals surface area contributed by atoms with Gasteiger partial charge in [0.15, 0.2) is 0 Å². The lowest BCUT2D eigenvalue weighted by Crippen LogP contribution is -2.53. The van der Waals surface area contributed by atoms with Crippen LogP contribution in [-0.4, -0.2) is 106 Å². The largest absolute Gasteiger partial charge is 0.453 e. The zero-order valence-electron chi connectivity index (χ0n) is 36.9. The molecule has 8 rings (SSSR count). The lowest BCUT2D eigenvalue weighted by atomic mass is 9.90. The topological polar surface area (TPSA) is 184 Å². The number of rotatable bonds is 11. The molecule has 63 heavy (non-hydrogen) atoms. The van der Waals surface area contributed by atoms with Crippen molar-refractivity contribution in [1.82, 2.24) is 40.4 Å². The SMILES string of the molecule is COC(=O)N[C@H](C(=O)N1C[C@@H](C)C[C@H]1c1ncc(-c2ccc(-c3ccc4cc(-c5cnc([C@@H]6C[C@H](C)CN6C(=O)[C@@H](NC(=O)OC)C6CCOCC6)[nH]5)ccc4c3)cc2)[nH]1)C(C)C. The third kappa shape index (κ3) is 9.29. The summed E-state index contributed by atoms with van der Waals surface area (Å²) in [4.78, 5) is 72.5. The number of nitrogens with one attached hydrogen (secondary N) is 4. The van der Waals surface area contributed by atoms with Gasteiger partial charge >= 0.3 is 12.2 Å². The van der Waals surface area contributed by atoms with Crippen molar-refractivity contribution in [1.29, 1.82) is 0 Å². The second-order valence-corrected chi connectivity index (χ2v) is 17.8. The van der Waals surface area contributed by atoms with Gasteiger partial charge in [0.05, 0.1) is 50.1 Å². The van der Waals surface area contributed by atoms with Gasteiger partial charge in [-0.3, -0.25) is 9.59 Å². The van der Waals surface area contributed by atoms with E-state index in [1.807, 2.05) is 36.0 Å². The standard InChI is InChI=1S/C48H58N8O7/c1-27(2)41(53-47(59)61-5)45(57)55-25-28(3)19-39(55)43-49-23-37(51-43)31-9-7-30(8-10-31)33-11-12-35-22-36(14-13-34(35)21-33)38-24-50-44(52-38)40-20-29(4)26-56(40)46(58)42(54-48(60)62-6)32-15-17-63-18-16-32/h7-14,21-24,27-29,32,39-42H,15-20,25-26H2,1-6H3,(H,49,51)(H,50,52)(H,53,59)(H,54,60)/t28-,29-,39-,40-,41-,42-/m0/s1. The Bertz CT molecular complexity index is 2440. The number of carbonyl (C=O) groups excluding carboxylic acids is 4. The van der Waals surface area contributed by atoms with Gasteiger partial charge in [0.2, 0.25) is 11.8 Å². The first kappa shape index (κ1) is 43.4. The molecule has 0 saturated carbocycles. The predicted octanol–water partition coefficient (Wildman–Crippen LogP) is 7.64. The molecule has 332 valence electrons. The number of hydrogen-bond donors (Lipinski definition) is 4. The Labute approximate surface area is 367 Å². The molecule has 15 heteroatoms. The maximum absolute atomic E-state index is 14.2. The van der Waals surface area contributed by atoms with Crippen LogP contribution in [0.2, 0.25) is 0 Å². The molecule has 4 amide bonds. The number of hydrogen-bond acceptors (Lipinski definition) is 9. The van der Waals surface area contributed by atoms with Gasteiger partial charge in [-0.05, 0) is 89.0 Å². The number of amides is 4. The van der Waals surface area contributed by atoms with E-state index >= 15 is 0 Å². The van der Waals surface area contributed by atoms with Gasteiger partial charge in [-0.2, -0.15) is 0 Å². The minimum atomic E-state index is -0.701. The number of benzene rings is 3. The second-order valence-electron chi connectivity index (χ2n) is 17.8. The number of nitrogens with zero attached hydrogens (tertiary/aromatic N) is 4. The lowest BCUT2D eigenvalue weighted by molar-refractivity contribution is -0.137. The average molecular weight is 859 g/mol. The van der Waals surface area contributed by atoms with Crippen LogP contribution < -0.4 is 10.6 Å². The Balaban J connectivity index is 0.950. The second kappa shape index (κ2) is 18.6. The first-order valence-corrected chi connectivity index (χ1v) is 22.0. The molecule has 3 aromatic carbocycles. The van der Waals surface area contributed by atoms with Crippen LogP contribution in [0.15, 0.2) is 73.1 Å². The molecule has 3 aliphatic rings. The van der Waals surface area contributed by atoms with Gasteiger partial charge in [-0.1, -0.05) is 76.2 Å². The molecule has 0 spiro atoms. The average Bonchev–Trinajstić information content (AvgIpc) is 4.14. The minimum absolute atomic E-state index is 0.0372. The van der Waals surface area contributed by atoms with Crippen LogP contribution in [0.5, 0.6) is 0 Å². The van der Waals surface area contributed by atoms with Crippen molar-refractivity contribution in [2.24, 2.45) is 23.7 Å². The minimum Gasteiger partial charge on any atom is -0.453 e. The molecule has 0 radical (unpaired) electrons. The first-order valence-electron chi connectivity index (χ1n) is 22.0. The summed E-state index contributed by atoms with van der Waals surface area (Å²) in [7, 11) is 2.61. The highest BCUT2D eigenvalue weighted by Gasteiger charge is 2.43. The summed E-state index contributed by atoms with van der Waals surface area (Å²) in [6.07, 6.45) is 5.32. The molecule has 0 aliphatic carbocycles. The van der Waals surface area contributed by atoms with E-state index in [1.54, 1.807) is 0 Å². The van der Waals surface area contributed by atoms with Crippen LogP contribution >= 0.6 is 0 Å². The molecule has 2 aromatic heterocycles. The number of imidazole rings is 2. The van der Waals surface area contributed by atoms with E-state index < -0.39 is 24.3 Å². The molecular formula is C48H58N8O7. The summed E-state index contributed by atoms with van der Waals surface area (Å²) in [5.41, 5.74) is 5.87. The quantitative estimate of drug-likeness (QED) is 0.104. The molecule has 0 bridgehead atoms. The van der Waals surface area contributed by atoms with E-state index in [2.05, 4.69) is 95.1 Å². The number of alkyl carbamates (subject to hydrolysis) is 2. The van der Waals surface area contributed by atoms with Crippen LogP contribution in [0.1, 0.15) is 77.1 Å². The Morgan fingerprint density at radius 2 is 1.17 bits per heavy atom. The van der Waals surface area contributed by atoms with Gasteiger partial charge < -0.3 is 44.6 Å². The summed E-state index contributed by atoms with van der Waals surface area (Å²) < 4.78 is 15.2. The number of methoxy groups -OCH3 is 2. The van der Waals surface area contributed by atoms with Gasteiger partial charge in [0.25, 0.3) is 0 Å². The van der Waals surface area contributed by atoms with E-state index in [9.17, 15) is 19.2 Å². The zero-order chi connectivity index (χ0) is 44.4. The number of H-pyrrole nitrogens is 2. The van der Waals surface area contributed by atoms with Crippen LogP contribution in [0, 0.1) is 23.7 Å². The van der Waals surface area contributed by atoms with E-state index in [4.69, 9.17) is 24.2 Å². The third-order valence-electron chi connectivity index (χ3n) is 12.9. The smallest absolute Gasteiger partial charge is 0.407 e. The van der Waals surface area contributed by atoms with Crippen LogP contribution in [0.4, 0.5) is 9.59 Å². The van der Waals surface area contributed by atoms with E-state index in [-0.39, 0.29) is 47.6 Å². The van der Waals surface area contributed by atoms with Gasteiger partial charge in [-0.25, -0.2) is 19.6 Å². The van der Waals surface area contributed by atoms with Crippen LogP contribution in [0.25, 0.3) is 44.4 Å². The zero-order valence-corrected chi connectivity index (χ0v) is 36.9.